The molecule has 3 rings (SSSR count). The van der Waals surface area contributed by atoms with Gasteiger partial charge in [-0.1, -0.05) is 0 Å². The van der Waals surface area contributed by atoms with Gasteiger partial charge in [0, 0.05) is 12.8 Å². The summed E-state index contributed by atoms with van der Waals surface area (Å²) in [6, 6.07) is 1.55. The van der Waals surface area contributed by atoms with Crippen molar-refractivity contribution in [1.29, 1.82) is 0 Å². The van der Waals surface area contributed by atoms with Gasteiger partial charge in [-0.15, -0.1) is 0 Å². The first-order chi connectivity index (χ1) is 10.2. The van der Waals surface area contributed by atoms with Crippen LogP contribution in [0, 0.1) is 0 Å². The van der Waals surface area contributed by atoms with Gasteiger partial charge in [-0.3, -0.25) is 4.57 Å². The molecule has 116 valence electrons. The second-order valence-electron chi connectivity index (χ2n) is 5.03. The maximum absolute atomic E-state index is 11.7. The number of hydrogen-bond donors (Lipinski definition) is 1. The van der Waals surface area contributed by atoms with Crippen molar-refractivity contribution < 1.29 is 18.9 Å². The Morgan fingerprint density at radius 3 is 3.10 bits per heavy atom. The molecule has 2 saturated heterocycles. The van der Waals surface area contributed by atoms with Crippen molar-refractivity contribution in [1.82, 2.24) is 9.55 Å². The zero-order chi connectivity index (χ0) is 14.7. The van der Waals surface area contributed by atoms with Gasteiger partial charge in [-0.05, 0) is 25.3 Å². The molecule has 3 heterocycles. The van der Waals surface area contributed by atoms with Crippen molar-refractivity contribution in [3.8, 4) is 0 Å². The molecular weight excluding hydrogens is 278 g/mol. The SMILES string of the molecule is Nc1ccn(C2COC(COC3CCCCO3)O2)c(=O)n1. The second kappa shape index (κ2) is 6.52. The average Bonchev–Trinajstić information content (AvgIpc) is 2.95. The predicted octanol–water partition coefficient (Wildman–Crippen LogP) is 0.240. The smallest absolute Gasteiger partial charge is 0.351 e. The van der Waals surface area contributed by atoms with E-state index in [-0.39, 0.29) is 25.3 Å². The van der Waals surface area contributed by atoms with Crippen molar-refractivity contribution in [2.24, 2.45) is 0 Å². The van der Waals surface area contributed by atoms with E-state index in [0.29, 0.717) is 0 Å². The molecule has 2 aliphatic rings. The standard InChI is InChI=1S/C13H19N3O5/c14-9-4-5-16(13(17)15-9)10-7-19-12(21-10)8-20-11-3-1-2-6-18-11/h4-5,10-12H,1-3,6-8H2,(H2,14,15,17). The molecule has 2 N–H and O–H groups in total. The highest BCUT2D eigenvalue weighted by Crippen LogP contribution is 2.21. The van der Waals surface area contributed by atoms with E-state index in [0.717, 1.165) is 25.9 Å². The van der Waals surface area contributed by atoms with E-state index in [1.54, 1.807) is 12.3 Å². The lowest BCUT2D eigenvalue weighted by Crippen LogP contribution is -2.30. The minimum atomic E-state index is -0.509. The summed E-state index contributed by atoms with van der Waals surface area (Å²) in [6.07, 6.45) is 3.41. The third-order valence-corrected chi connectivity index (χ3v) is 3.45. The lowest BCUT2D eigenvalue weighted by Gasteiger charge is -2.23. The van der Waals surface area contributed by atoms with Gasteiger partial charge in [-0.25, -0.2) is 4.79 Å². The number of aromatic nitrogens is 2. The number of anilines is 1. The second-order valence-corrected chi connectivity index (χ2v) is 5.03. The molecular formula is C13H19N3O5. The normalized spacial score (nSPS) is 29.6. The van der Waals surface area contributed by atoms with Crippen molar-refractivity contribution in [3.63, 3.8) is 0 Å². The summed E-state index contributed by atoms with van der Waals surface area (Å²) in [7, 11) is 0. The Morgan fingerprint density at radius 2 is 2.33 bits per heavy atom. The van der Waals surface area contributed by atoms with Crippen LogP contribution in [0.5, 0.6) is 0 Å². The van der Waals surface area contributed by atoms with Crippen LogP contribution in [-0.4, -0.2) is 42.0 Å². The monoisotopic (exact) mass is 297 g/mol. The quantitative estimate of drug-likeness (QED) is 0.850. The fourth-order valence-electron chi connectivity index (χ4n) is 2.35. The highest BCUT2D eigenvalue weighted by Gasteiger charge is 2.29. The van der Waals surface area contributed by atoms with Gasteiger partial charge in [0.15, 0.2) is 18.8 Å². The Balaban J connectivity index is 1.51. The van der Waals surface area contributed by atoms with E-state index in [1.165, 1.54) is 4.57 Å². The molecule has 3 atom stereocenters. The van der Waals surface area contributed by atoms with E-state index in [1.807, 2.05) is 0 Å². The van der Waals surface area contributed by atoms with Crippen molar-refractivity contribution >= 4 is 5.82 Å². The van der Waals surface area contributed by atoms with Crippen LogP contribution < -0.4 is 11.4 Å². The number of nitrogens with zero attached hydrogens (tertiary/aromatic N) is 2. The van der Waals surface area contributed by atoms with Crippen LogP contribution in [0.3, 0.4) is 0 Å². The maximum atomic E-state index is 11.7. The molecule has 0 bridgehead atoms. The first-order valence-corrected chi connectivity index (χ1v) is 7.07. The van der Waals surface area contributed by atoms with Crippen molar-refractivity contribution in [2.45, 2.75) is 38.1 Å². The van der Waals surface area contributed by atoms with Gasteiger partial charge in [0.25, 0.3) is 0 Å². The molecule has 0 radical (unpaired) electrons. The van der Waals surface area contributed by atoms with Crippen LogP contribution in [0.4, 0.5) is 5.82 Å². The summed E-state index contributed by atoms with van der Waals surface area (Å²) in [4.78, 5) is 15.4. The third-order valence-electron chi connectivity index (χ3n) is 3.45. The Hall–Kier alpha value is -1.48. The van der Waals surface area contributed by atoms with Gasteiger partial charge in [0.1, 0.15) is 12.4 Å². The van der Waals surface area contributed by atoms with Crippen LogP contribution in [0.25, 0.3) is 0 Å². The van der Waals surface area contributed by atoms with E-state index < -0.39 is 18.2 Å². The molecule has 0 aliphatic carbocycles. The first kappa shape index (κ1) is 14.5. The van der Waals surface area contributed by atoms with Crippen LogP contribution in [-0.2, 0) is 18.9 Å². The Kier molecular flexibility index (Phi) is 4.49. The molecule has 2 fully saturated rings. The van der Waals surface area contributed by atoms with Crippen molar-refractivity contribution in [3.05, 3.63) is 22.7 Å². The Labute approximate surface area is 121 Å². The number of ether oxygens (including phenoxy) is 4. The number of hydrogen-bond acceptors (Lipinski definition) is 7. The molecule has 3 unspecified atom stereocenters. The highest BCUT2D eigenvalue weighted by molar-refractivity contribution is 5.23. The van der Waals surface area contributed by atoms with E-state index in [9.17, 15) is 4.79 Å². The van der Waals surface area contributed by atoms with Gasteiger partial charge < -0.3 is 24.7 Å². The lowest BCUT2D eigenvalue weighted by atomic mass is 10.2. The van der Waals surface area contributed by atoms with Crippen LogP contribution in [0.2, 0.25) is 0 Å². The maximum Gasteiger partial charge on any atom is 0.351 e. The largest absolute Gasteiger partial charge is 0.383 e. The number of rotatable bonds is 4. The summed E-state index contributed by atoms with van der Waals surface area (Å²) in [5.74, 6) is 0.185. The van der Waals surface area contributed by atoms with Gasteiger partial charge >= 0.3 is 5.69 Å². The fraction of sp³-hybridized carbons (Fsp3) is 0.692. The zero-order valence-corrected chi connectivity index (χ0v) is 11.6. The third kappa shape index (κ3) is 3.59. The molecule has 21 heavy (non-hydrogen) atoms. The molecule has 2 aliphatic heterocycles. The topological polar surface area (TPSA) is 97.8 Å². The minimum Gasteiger partial charge on any atom is -0.383 e. The first-order valence-electron chi connectivity index (χ1n) is 7.07. The van der Waals surface area contributed by atoms with E-state index >= 15 is 0 Å². The number of nitrogens with two attached hydrogens (primary N) is 1. The Morgan fingerprint density at radius 1 is 1.43 bits per heavy atom. The molecule has 1 aromatic rings. The van der Waals surface area contributed by atoms with Crippen molar-refractivity contribution in [2.75, 3.05) is 25.6 Å². The zero-order valence-electron chi connectivity index (χ0n) is 11.6. The fourth-order valence-corrected chi connectivity index (χ4v) is 2.35. The molecule has 0 aromatic carbocycles. The molecule has 0 amide bonds. The molecule has 0 saturated carbocycles. The van der Waals surface area contributed by atoms with E-state index in [4.69, 9.17) is 24.7 Å². The summed E-state index contributed by atoms with van der Waals surface area (Å²) in [5.41, 5.74) is 5.00. The van der Waals surface area contributed by atoms with Gasteiger partial charge in [0.2, 0.25) is 0 Å². The molecule has 0 spiro atoms. The minimum absolute atomic E-state index is 0.185. The lowest BCUT2D eigenvalue weighted by molar-refractivity contribution is -0.204. The summed E-state index contributed by atoms with van der Waals surface area (Å²) < 4.78 is 23.5. The Bertz CT molecular complexity index is 529. The summed E-state index contributed by atoms with van der Waals surface area (Å²) in [6.45, 7) is 1.27. The number of nitrogen functional groups attached to an aromatic ring is 1. The van der Waals surface area contributed by atoms with Crippen LogP contribution in [0.1, 0.15) is 25.5 Å². The van der Waals surface area contributed by atoms with E-state index in [2.05, 4.69) is 4.98 Å². The summed E-state index contributed by atoms with van der Waals surface area (Å²) >= 11 is 0. The predicted molar refractivity (Wildman–Crippen MR) is 72.3 cm³/mol. The van der Waals surface area contributed by atoms with Gasteiger partial charge in [0.05, 0.1) is 6.61 Å². The summed E-state index contributed by atoms with van der Waals surface area (Å²) in [5, 5.41) is 0. The molecule has 8 nitrogen and oxygen atoms in total. The average molecular weight is 297 g/mol. The van der Waals surface area contributed by atoms with Gasteiger partial charge in [-0.2, -0.15) is 4.98 Å². The molecule has 1 aromatic heterocycles. The van der Waals surface area contributed by atoms with Crippen LogP contribution >= 0.6 is 0 Å². The highest BCUT2D eigenvalue weighted by atomic mass is 16.8. The molecule has 8 heteroatoms. The van der Waals surface area contributed by atoms with Crippen LogP contribution in [0.15, 0.2) is 17.1 Å².